The van der Waals surface area contributed by atoms with E-state index in [1.807, 2.05) is 18.2 Å². The first-order chi connectivity index (χ1) is 25.6. The van der Waals surface area contributed by atoms with Crippen molar-refractivity contribution in [1.29, 1.82) is 0 Å². The van der Waals surface area contributed by atoms with Gasteiger partial charge in [0.05, 0.1) is 11.1 Å². The largest absolute Gasteiger partial charge is 0.400 e. The van der Waals surface area contributed by atoms with E-state index in [9.17, 15) is 0 Å². The predicted molar refractivity (Wildman–Crippen MR) is 222 cm³/mol. The first-order valence-corrected chi connectivity index (χ1v) is 18.6. The number of hydrogen-bond donors (Lipinski definition) is 2. The molecular weight excluding hydrogens is 629 g/mol. The third-order valence-corrected chi connectivity index (χ3v) is 11.1. The van der Waals surface area contributed by atoms with Crippen LogP contribution in [-0.2, 0) is 5.41 Å². The maximum absolute atomic E-state index is 6.37. The molecule has 0 radical (unpaired) electrons. The van der Waals surface area contributed by atoms with Crippen molar-refractivity contribution in [2.45, 2.75) is 38.5 Å². The number of unbranched alkanes of at least 4 members (excludes halogenated alkanes) is 1. The zero-order chi connectivity index (χ0) is 35.2. The third-order valence-electron chi connectivity index (χ3n) is 11.1. The molecule has 7 aromatic carbocycles. The second-order valence-corrected chi connectivity index (χ2v) is 14.1. The smallest absolute Gasteiger partial charge is 0.0731 e. The molecule has 10 rings (SSSR count). The Balaban J connectivity index is 0.000000859. The van der Waals surface area contributed by atoms with Gasteiger partial charge in [-0.2, -0.15) is 0 Å². The Morgan fingerprint density at radius 2 is 1.21 bits per heavy atom. The van der Waals surface area contributed by atoms with Gasteiger partial charge in [-0.15, -0.1) is 0 Å². The van der Waals surface area contributed by atoms with Crippen LogP contribution in [0.4, 0.5) is 5.69 Å². The van der Waals surface area contributed by atoms with Crippen LogP contribution >= 0.6 is 0 Å². The Kier molecular flexibility index (Phi) is 7.89. The lowest BCUT2D eigenvalue weighted by atomic mass is 9.69. The maximum Gasteiger partial charge on any atom is 0.0731 e. The predicted octanol–water partition coefficient (Wildman–Crippen LogP) is 12.9. The molecule has 2 nitrogen and oxygen atoms in total. The van der Waals surface area contributed by atoms with Gasteiger partial charge in [-0.25, -0.2) is 0 Å². The molecule has 0 saturated heterocycles. The van der Waals surface area contributed by atoms with Gasteiger partial charge in [-0.05, 0) is 101 Å². The number of allylic oxidation sites excluding steroid dienone is 4. The van der Waals surface area contributed by atoms with Crippen LogP contribution < -0.4 is 11.1 Å². The van der Waals surface area contributed by atoms with Crippen molar-refractivity contribution in [3.05, 3.63) is 197 Å². The molecule has 1 spiro atoms. The van der Waals surface area contributed by atoms with E-state index in [1.54, 1.807) is 0 Å². The van der Waals surface area contributed by atoms with Crippen molar-refractivity contribution in [2.75, 3.05) is 5.32 Å². The second-order valence-electron chi connectivity index (χ2n) is 14.1. The Bertz CT molecular complexity index is 2550. The van der Waals surface area contributed by atoms with Gasteiger partial charge in [0.1, 0.15) is 0 Å². The lowest BCUT2D eigenvalue weighted by Crippen LogP contribution is -2.26. The first-order valence-electron chi connectivity index (χ1n) is 18.6. The minimum Gasteiger partial charge on any atom is -0.400 e. The Labute approximate surface area is 306 Å². The summed E-state index contributed by atoms with van der Waals surface area (Å²) in [6.07, 6.45) is 11.6. The highest BCUT2D eigenvalue weighted by atomic mass is 14.9. The zero-order valence-corrected chi connectivity index (χ0v) is 29.8. The molecule has 3 aliphatic rings. The highest BCUT2D eigenvalue weighted by Gasteiger charge is 2.53. The molecule has 2 heteroatoms. The molecule has 0 atom stereocenters. The fourth-order valence-electron chi connectivity index (χ4n) is 8.67. The summed E-state index contributed by atoms with van der Waals surface area (Å²) in [5.41, 5.74) is 21.9. The SMILES string of the molecule is CCCC.NC1=C(Nc2ccc(-c3cc4c(c5ccccc35)-c3ccc5ccccc5c3C43c4ccccc4-c4ccccc43)cc2)C=CC=CC1. The van der Waals surface area contributed by atoms with Crippen molar-refractivity contribution in [1.82, 2.24) is 0 Å². The molecule has 52 heavy (non-hydrogen) atoms. The number of rotatable bonds is 4. The van der Waals surface area contributed by atoms with Crippen molar-refractivity contribution < 1.29 is 0 Å². The van der Waals surface area contributed by atoms with E-state index in [2.05, 4.69) is 165 Å². The van der Waals surface area contributed by atoms with Crippen LogP contribution in [0.1, 0.15) is 55.4 Å². The lowest BCUT2D eigenvalue weighted by Gasteiger charge is -2.32. The van der Waals surface area contributed by atoms with E-state index in [1.165, 1.54) is 90.0 Å². The van der Waals surface area contributed by atoms with E-state index < -0.39 is 5.41 Å². The van der Waals surface area contributed by atoms with Crippen molar-refractivity contribution in [2.24, 2.45) is 5.73 Å². The normalized spacial score (nSPS) is 14.4. The van der Waals surface area contributed by atoms with Crippen LogP contribution in [0.25, 0.3) is 54.9 Å². The topological polar surface area (TPSA) is 38.0 Å². The first kappa shape index (κ1) is 31.8. The molecule has 0 saturated carbocycles. The van der Waals surface area contributed by atoms with E-state index in [0.29, 0.717) is 0 Å². The molecule has 0 unspecified atom stereocenters. The Morgan fingerprint density at radius 3 is 1.92 bits per heavy atom. The molecule has 7 aromatic rings. The number of nitrogens with two attached hydrogens (primary N) is 1. The minimum absolute atomic E-state index is 0.442. The van der Waals surface area contributed by atoms with Crippen LogP contribution in [0.15, 0.2) is 175 Å². The van der Waals surface area contributed by atoms with E-state index in [-0.39, 0.29) is 0 Å². The maximum atomic E-state index is 6.37. The van der Waals surface area contributed by atoms with Crippen molar-refractivity contribution in [3.63, 3.8) is 0 Å². The number of anilines is 1. The van der Waals surface area contributed by atoms with Gasteiger partial charge in [-0.3, -0.25) is 0 Å². The number of hydrogen-bond acceptors (Lipinski definition) is 2. The number of nitrogens with one attached hydrogen (secondary N) is 1. The van der Waals surface area contributed by atoms with Gasteiger partial charge in [0, 0.05) is 17.8 Å². The van der Waals surface area contributed by atoms with E-state index in [0.717, 1.165) is 23.5 Å². The molecule has 3 N–H and O–H groups in total. The fraction of sp³-hybridized carbons (Fsp3) is 0.120. The molecule has 0 fully saturated rings. The summed E-state index contributed by atoms with van der Waals surface area (Å²) in [6, 6.07) is 52.0. The van der Waals surface area contributed by atoms with E-state index >= 15 is 0 Å². The molecule has 0 aromatic heterocycles. The van der Waals surface area contributed by atoms with Gasteiger partial charge in [0.25, 0.3) is 0 Å². The molecular formula is C50H42N2. The minimum atomic E-state index is -0.442. The molecule has 252 valence electrons. The Morgan fingerprint density at radius 1 is 0.577 bits per heavy atom. The van der Waals surface area contributed by atoms with Crippen LogP contribution in [0, 0.1) is 0 Å². The van der Waals surface area contributed by atoms with Gasteiger partial charge >= 0.3 is 0 Å². The lowest BCUT2D eigenvalue weighted by molar-refractivity contribution is 0.802. The average Bonchev–Trinajstić information content (AvgIpc) is 3.58. The monoisotopic (exact) mass is 670 g/mol. The van der Waals surface area contributed by atoms with Crippen LogP contribution in [0.2, 0.25) is 0 Å². The van der Waals surface area contributed by atoms with Crippen molar-refractivity contribution in [3.8, 4) is 33.4 Å². The van der Waals surface area contributed by atoms with Gasteiger partial charge in [0.2, 0.25) is 0 Å². The zero-order valence-electron chi connectivity index (χ0n) is 29.8. The summed E-state index contributed by atoms with van der Waals surface area (Å²) in [6.45, 7) is 4.36. The molecule has 0 aliphatic heterocycles. The summed E-state index contributed by atoms with van der Waals surface area (Å²) in [7, 11) is 0. The quantitative estimate of drug-likeness (QED) is 0.196. The molecule has 0 bridgehead atoms. The van der Waals surface area contributed by atoms with Crippen LogP contribution in [0.3, 0.4) is 0 Å². The summed E-state index contributed by atoms with van der Waals surface area (Å²) in [5.74, 6) is 0. The molecule has 0 amide bonds. The van der Waals surface area contributed by atoms with Crippen LogP contribution in [-0.4, -0.2) is 0 Å². The summed E-state index contributed by atoms with van der Waals surface area (Å²) in [4.78, 5) is 0. The Hall–Kier alpha value is -6.12. The fourth-order valence-corrected chi connectivity index (χ4v) is 8.67. The highest BCUT2D eigenvalue weighted by Crippen LogP contribution is 2.65. The van der Waals surface area contributed by atoms with E-state index in [4.69, 9.17) is 5.73 Å². The highest BCUT2D eigenvalue weighted by molar-refractivity contribution is 6.14. The van der Waals surface area contributed by atoms with Crippen molar-refractivity contribution >= 4 is 27.2 Å². The second kappa shape index (κ2) is 12.9. The van der Waals surface area contributed by atoms with Gasteiger partial charge < -0.3 is 11.1 Å². The summed E-state index contributed by atoms with van der Waals surface area (Å²) >= 11 is 0. The molecule has 3 aliphatic carbocycles. The van der Waals surface area contributed by atoms with Gasteiger partial charge in [-0.1, -0.05) is 166 Å². The number of benzene rings is 7. The third kappa shape index (κ3) is 4.78. The summed E-state index contributed by atoms with van der Waals surface area (Å²) < 4.78 is 0. The van der Waals surface area contributed by atoms with Crippen LogP contribution in [0.5, 0.6) is 0 Å². The number of fused-ring (bicyclic) bond motifs is 14. The summed E-state index contributed by atoms with van der Waals surface area (Å²) in [5, 5.41) is 8.68. The molecule has 0 heterocycles. The standard InChI is InChI=1S/C46H32N2.C4H10/c47-42-20-2-1-3-21-43(42)48-31-25-22-30(23-26-31)38-28-41-44(36-17-7-6-14-33(36)38)37-27-24-29-12-4-5-13-32(29)45(37)46(41)39-18-10-8-15-34(39)35-16-9-11-19-40(35)46;1-3-4-2/h1-19,21-28,48H,20,47H2;3-4H2,1-2H3. The van der Waals surface area contributed by atoms with Gasteiger partial charge in [0.15, 0.2) is 0 Å². The average molecular weight is 671 g/mol.